The SMILES string of the molecule is [2H]C([2H])([N+]#[C-])c1ccccc1. The third-order valence-corrected chi connectivity index (χ3v) is 0.959. The summed E-state index contributed by atoms with van der Waals surface area (Å²) >= 11 is 0. The number of benzene rings is 1. The number of nitrogens with zero attached hydrogens (tertiary/aromatic N) is 1. The Morgan fingerprint density at radius 2 is 2.11 bits per heavy atom. The van der Waals surface area contributed by atoms with Gasteiger partial charge in [-0.15, -0.1) is 0 Å². The van der Waals surface area contributed by atoms with Crippen molar-refractivity contribution < 1.29 is 2.74 Å². The predicted molar refractivity (Wildman–Crippen MR) is 36.7 cm³/mol. The van der Waals surface area contributed by atoms with Gasteiger partial charge in [-0.1, -0.05) is 30.3 Å². The normalized spacial score (nSPS) is 13.2. The van der Waals surface area contributed by atoms with E-state index in [2.05, 4.69) is 4.85 Å². The molecule has 0 aromatic heterocycles. The van der Waals surface area contributed by atoms with E-state index in [4.69, 9.17) is 9.31 Å². The highest BCUT2D eigenvalue weighted by molar-refractivity contribution is 5.15. The molecule has 9 heavy (non-hydrogen) atoms. The van der Waals surface area contributed by atoms with Crippen molar-refractivity contribution in [2.45, 2.75) is 6.50 Å². The van der Waals surface area contributed by atoms with Gasteiger partial charge in [0.05, 0.1) is 0 Å². The maximum absolute atomic E-state index is 7.23. The van der Waals surface area contributed by atoms with E-state index in [1.54, 1.807) is 30.3 Å². The molecule has 0 fully saturated rings. The second kappa shape index (κ2) is 2.88. The molecule has 1 rings (SSSR count). The van der Waals surface area contributed by atoms with Gasteiger partial charge in [0.2, 0.25) is 6.50 Å². The zero-order valence-corrected chi connectivity index (χ0v) is 4.83. The quantitative estimate of drug-likeness (QED) is 0.499. The van der Waals surface area contributed by atoms with Crippen molar-refractivity contribution in [3.8, 4) is 0 Å². The maximum Gasteiger partial charge on any atom is 0.239 e. The largest absolute Gasteiger partial charge is 0.312 e. The fourth-order valence-corrected chi connectivity index (χ4v) is 0.577. The molecule has 0 aliphatic carbocycles. The lowest BCUT2D eigenvalue weighted by molar-refractivity contribution is 1.27. The van der Waals surface area contributed by atoms with Crippen LogP contribution in [0.3, 0.4) is 0 Å². The third-order valence-electron chi connectivity index (χ3n) is 0.959. The molecule has 1 aromatic rings. The first-order chi connectivity index (χ1) is 5.17. The first-order valence-electron chi connectivity index (χ1n) is 3.61. The van der Waals surface area contributed by atoms with E-state index in [-0.39, 0.29) is 0 Å². The van der Waals surface area contributed by atoms with Crippen LogP contribution < -0.4 is 0 Å². The van der Waals surface area contributed by atoms with Crippen LogP contribution in [0, 0.1) is 6.57 Å². The van der Waals surface area contributed by atoms with Crippen molar-refractivity contribution in [2.75, 3.05) is 0 Å². The van der Waals surface area contributed by atoms with Gasteiger partial charge in [0.15, 0.2) is 0 Å². The Balaban J connectivity index is 3.05. The van der Waals surface area contributed by atoms with Crippen molar-refractivity contribution in [3.05, 3.63) is 47.3 Å². The third kappa shape index (κ3) is 1.58. The molecule has 0 saturated carbocycles. The summed E-state index contributed by atoms with van der Waals surface area (Å²) in [6, 6.07) is 8.45. The minimum atomic E-state index is -1.87. The highest BCUT2D eigenvalue weighted by Crippen LogP contribution is 1.98. The van der Waals surface area contributed by atoms with Crippen LogP contribution in [0.5, 0.6) is 0 Å². The summed E-state index contributed by atoms with van der Waals surface area (Å²) in [5.74, 6) is 0. The fourth-order valence-electron chi connectivity index (χ4n) is 0.577. The monoisotopic (exact) mass is 119 g/mol. The van der Waals surface area contributed by atoms with Gasteiger partial charge in [0.1, 0.15) is 2.74 Å². The Labute approximate surface area is 57.6 Å². The van der Waals surface area contributed by atoms with Crippen LogP contribution in [0.25, 0.3) is 4.85 Å². The van der Waals surface area contributed by atoms with Crippen LogP contribution in [0.15, 0.2) is 30.3 Å². The summed E-state index contributed by atoms with van der Waals surface area (Å²) in [5, 5.41) is 0. The lowest BCUT2D eigenvalue weighted by Gasteiger charge is -1.85. The van der Waals surface area contributed by atoms with Gasteiger partial charge in [0, 0.05) is 5.56 Å². The lowest BCUT2D eigenvalue weighted by atomic mass is 10.2. The van der Waals surface area contributed by atoms with Crippen LogP contribution in [0.1, 0.15) is 8.30 Å². The predicted octanol–water partition coefficient (Wildman–Crippen LogP) is 2.11. The standard InChI is InChI=1S/C8H7N/c1-9-7-8-5-3-2-4-6-8/h2-6H,7H2/i7D2. The average molecular weight is 119 g/mol. The molecule has 0 N–H and O–H groups in total. The van der Waals surface area contributed by atoms with E-state index in [0.717, 1.165) is 0 Å². The van der Waals surface area contributed by atoms with E-state index >= 15 is 0 Å². The summed E-state index contributed by atoms with van der Waals surface area (Å²) in [6.07, 6.45) is 0. The maximum atomic E-state index is 7.23. The Kier molecular flexibility index (Phi) is 1.18. The Morgan fingerprint density at radius 1 is 1.44 bits per heavy atom. The van der Waals surface area contributed by atoms with Gasteiger partial charge in [-0.2, -0.15) is 0 Å². The summed E-state index contributed by atoms with van der Waals surface area (Å²) in [4.78, 5) is 2.87. The van der Waals surface area contributed by atoms with E-state index in [1.807, 2.05) is 0 Å². The van der Waals surface area contributed by atoms with Crippen LogP contribution in [-0.2, 0) is 6.50 Å². The van der Waals surface area contributed by atoms with Gasteiger partial charge in [0.25, 0.3) is 0 Å². The highest BCUT2D eigenvalue weighted by Gasteiger charge is 1.88. The molecule has 44 valence electrons. The molecule has 0 bridgehead atoms. The molecule has 1 aromatic carbocycles. The topological polar surface area (TPSA) is 4.36 Å². The van der Waals surface area contributed by atoms with Gasteiger partial charge >= 0.3 is 0 Å². The van der Waals surface area contributed by atoms with Crippen LogP contribution in [-0.4, -0.2) is 0 Å². The van der Waals surface area contributed by atoms with Crippen molar-refractivity contribution >= 4 is 0 Å². The van der Waals surface area contributed by atoms with Crippen molar-refractivity contribution in [1.82, 2.24) is 0 Å². The zero-order chi connectivity index (χ0) is 8.32. The molecule has 0 unspecified atom stereocenters. The Bertz CT molecular complexity index is 274. The first-order valence-corrected chi connectivity index (χ1v) is 2.61. The molecule has 0 atom stereocenters. The first kappa shape index (κ1) is 3.68. The number of hydrogen-bond acceptors (Lipinski definition) is 0. The Morgan fingerprint density at radius 3 is 2.67 bits per heavy atom. The van der Waals surface area contributed by atoms with Gasteiger partial charge < -0.3 is 4.85 Å². The van der Waals surface area contributed by atoms with Crippen molar-refractivity contribution in [1.29, 1.82) is 0 Å². The Hall–Kier alpha value is -1.29. The minimum Gasteiger partial charge on any atom is -0.312 e. The van der Waals surface area contributed by atoms with Gasteiger partial charge in [-0.25, -0.2) is 6.57 Å². The van der Waals surface area contributed by atoms with E-state index in [9.17, 15) is 0 Å². The van der Waals surface area contributed by atoms with Crippen molar-refractivity contribution in [3.63, 3.8) is 0 Å². The summed E-state index contributed by atoms with van der Waals surface area (Å²) in [7, 11) is 0. The molecule has 1 nitrogen and oxygen atoms in total. The zero-order valence-electron chi connectivity index (χ0n) is 6.83. The summed E-state index contributed by atoms with van der Waals surface area (Å²) in [5.41, 5.74) is 0.412. The van der Waals surface area contributed by atoms with Gasteiger partial charge in [-0.05, 0) is 0 Å². The summed E-state index contributed by atoms with van der Waals surface area (Å²) in [6.45, 7) is 4.72. The van der Waals surface area contributed by atoms with Crippen LogP contribution in [0.4, 0.5) is 0 Å². The van der Waals surface area contributed by atoms with E-state index in [1.165, 1.54) is 0 Å². The molecule has 0 spiro atoms. The fraction of sp³-hybridized carbons (Fsp3) is 0.125. The van der Waals surface area contributed by atoms with Gasteiger partial charge in [-0.3, -0.25) is 0 Å². The smallest absolute Gasteiger partial charge is 0.239 e. The molecular weight excluding hydrogens is 110 g/mol. The highest BCUT2D eigenvalue weighted by atomic mass is 14.6. The van der Waals surface area contributed by atoms with E-state index < -0.39 is 6.50 Å². The number of hydrogen-bond donors (Lipinski definition) is 0. The molecule has 1 heteroatoms. The molecule has 0 aliphatic heterocycles. The number of rotatable bonds is 1. The summed E-state index contributed by atoms with van der Waals surface area (Å²) < 4.78 is 14.5. The molecule has 0 aliphatic rings. The van der Waals surface area contributed by atoms with Crippen LogP contribution >= 0.6 is 0 Å². The lowest BCUT2D eigenvalue weighted by Crippen LogP contribution is -1.74. The molecule has 0 saturated heterocycles. The van der Waals surface area contributed by atoms with E-state index in [0.29, 0.717) is 5.56 Å². The molecule has 0 amide bonds. The van der Waals surface area contributed by atoms with Crippen molar-refractivity contribution in [2.24, 2.45) is 0 Å². The second-order valence-corrected chi connectivity index (χ2v) is 1.59. The molecular formula is C8H7N. The average Bonchev–Trinajstić information content (AvgIpc) is 2.06. The minimum absolute atomic E-state index is 0.412. The molecule has 0 radical (unpaired) electrons. The second-order valence-electron chi connectivity index (χ2n) is 1.59. The van der Waals surface area contributed by atoms with Crippen LogP contribution in [0.2, 0.25) is 0 Å². The molecule has 0 heterocycles.